The van der Waals surface area contributed by atoms with E-state index in [1.165, 1.54) is 0 Å². The number of amides is 1. The van der Waals surface area contributed by atoms with Gasteiger partial charge < -0.3 is 5.32 Å². The van der Waals surface area contributed by atoms with Crippen molar-refractivity contribution >= 4 is 17.4 Å². The van der Waals surface area contributed by atoms with Crippen molar-refractivity contribution in [3.63, 3.8) is 0 Å². The molecule has 3 rings (SSSR count). The Labute approximate surface area is 132 Å². The summed E-state index contributed by atoms with van der Waals surface area (Å²) >= 11 is 0. The average Bonchev–Trinajstić information content (AvgIpc) is 2.67. The molecule has 22 heavy (non-hydrogen) atoms. The fourth-order valence-corrected chi connectivity index (χ4v) is 4.66. The summed E-state index contributed by atoms with van der Waals surface area (Å²) in [6.07, 6.45) is 2.01. The molecule has 2 bridgehead atoms. The van der Waals surface area contributed by atoms with Crippen LogP contribution in [0.3, 0.4) is 0 Å². The van der Waals surface area contributed by atoms with Gasteiger partial charge in [-0.05, 0) is 55.4 Å². The van der Waals surface area contributed by atoms with E-state index in [1.54, 1.807) is 0 Å². The number of carbonyl (C=O) groups is 2. The molecule has 2 atom stereocenters. The van der Waals surface area contributed by atoms with Gasteiger partial charge in [0.25, 0.3) is 0 Å². The number of rotatable bonds is 2. The summed E-state index contributed by atoms with van der Waals surface area (Å²) in [4.78, 5) is 25.5. The normalized spacial score (nSPS) is 32.3. The Balaban J connectivity index is 1.94. The van der Waals surface area contributed by atoms with Gasteiger partial charge in [0.15, 0.2) is 0 Å². The van der Waals surface area contributed by atoms with Gasteiger partial charge in [-0.15, -0.1) is 0 Å². The first-order valence-corrected chi connectivity index (χ1v) is 8.05. The lowest BCUT2D eigenvalue weighted by atomic mass is 9.64. The van der Waals surface area contributed by atoms with Gasteiger partial charge in [-0.2, -0.15) is 0 Å². The van der Waals surface area contributed by atoms with Crippen LogP contribution >= 0.6 is 0 Å². The predicted molar refractivity (Wildman–Crippen MR) is 87.7 cm³/mol. The van der Waals surface area contributed by atoms with E-state index >= 15 is 0 Å². The third kappa shape index (κ3) is 1.74. The van der Waals surface area contributed by atoms with Crippen LogP contribution < -0.4 is 5.32 Å². The number of anilines is 1. The third-order valence-electron chi connectivity index (χ3n) is 6.62. The zero-order valence-electron chi connectivity index (χ0n) is 14.2. The molecule has 3 nitrogen and oxygen atoms in total. The van der Waals surface area contributed by atoms with Crippen molar-refractivity contribution < 1.29 is 9.59 Å². The first kappa shape index (κ1) is 15.3. The molecule has 0 aliphatic heterocycles. The van der Waals surface area contributed by atoms with Gasteiger partial charge in [-0.1, -0.05) is 26.8 Å². The summed E-state index contributed by atoms with van der Waals surface area (Å²) in [6, 6.07) is 6.06. The molecule has 0 aromatic heterocycles. The molecule has 1 aromatic carbocycles. The standard InChI is InChI=1S/C19H25NO2/c1-12-8-13(2)10-14(9-12)20-16(22)19-7-6-18(5,15(21)11-19)17(19,3)4/h8-10H,6-7,11H2,1-5H3,(H,20,22)/t18-,19-/m1/s1. The van der Waals surface area contributed by atoms with E-state index < -0.39 is 5.41 Å². The van der Waals surface area contributed by atoms with E-state index in [0.29, 0.717) is 6.42 Å². The summed E-state index contributed by atoms with van der Waals surface area (Å²) in [7, 11) is 0. The van der Waals surface area contributed by atoms with Gasteiger partial charge in [-0.25, -0.2) is 0 Å². The number of fused-ring (bicyclic) bond motifs is 2. The fourth-order valence-electron chi connectivity index (χ4n) is 4.66. The Bertz CT molecular complexity index is 656. The largest absolute Gasteiger partial charge is 0.326 e. The lowest BCUT2D eigenvalue weighted by Gasteiger charge is -2.38. The molecule has 1 amide bonds. The molecule has 0 spiro atoms. The number of aryl methyl sites for hydroxylation is 2. The summed E-state index contributed by atoms with van der Waals surface area (Å²) < 4.78 is 0. The van der Waals surface area contributed by atoms with Crippen molar-refractivity contribution in [2.24, 2.45) is 16.2 Å². The van der Waals surface area contributed by atoms with Gasteiger partial charge in [0.05, 0.1) is 5.41 Å². The van der Waals surface area contributed by atoms with E-state index in [1.807, 2.05) is 32.9 Å². The molecule has 2 saturated carbocycles. The van der Waals surface area contributed by atoms with Crippen molar-refractivity contribution in [1.82, 2.24) is 0 Å². The zero-order chi connectivity index (χ0) is 16.3. The molecular formula is C19H25NO2. The van der Waals surface area contributed by atoms with Crippen molar-refractivity contribution in [3.8, 4) is 0 Å². The Kier molecular flexibility index (Phi) is 3.08. The highest BCUT2D eigenvalue weighted by Gasteiger charge is 2.72. The van der Waals surface area contributed by atoms with Crippen molar-refractivity contribution in [1.29, 1.82) is 0 Å². The van der Waals surface area contributed by atoms with Crippen LogP contribution in [0.1, 0.15) is 51.2 Å². The average molecular weight is 299 g/mol. The Morgan fingerprint density at radius 3 is 2.09 bits per heavy atom. The number of hydrogen-bond acceptors (Lipinski definition) is 2. The fraction of sp³-hybridized carbons (Fsp3) is 0.579. The topological polar surface area (TPSA) is 46.2 Å². The summed E-state index contributed by atoms with van der Waals surface area (Å²) in [6.45, 7) is 10.3. The van der Waals surface area contributed by atoms with Crippen LogP contribution in [0.25, 0.3) is 0 Å². The first-order chi connectivity index (χ1) is 10.1. The lowest BCUT2D eigenvalue weighted by Crippen LogP contribution is -2.43. The number of ketones is 1. The maximum atomic E-state index is 13.1. The van der Waals surface area contributed by atoms with Crippen LogP contribution in [-0.2, 0) is 9.59 Å². The Morgan fingerprint density at radius 2 is 1.64 bits per heavy atom. The SMILES string of the molecule is Cc1cc(C)cc(NC(=O)[C@@]23CC[C@](C)(C(=O)C2)C3(C)C)c1. The smallest absolute Gasteiger partial charge is 0.231 e. The molecule has 2 aliphatic rings. The quantitative estimate of drug-likeness (QED) is 0.896. The molecule has 1 aromatic rings. The third-order valence-corrected chi connectivity index (χ3v) is 6.62. The second kappa shape index (κ2) is 4.43. The molecule has 2 aliphatic carbocycles. The molecule has 0 unspecified atom stereocenters. The first-order valence-electron chi connectivity index (χ1n) is 8.05. The van der Waals surface area contributed by atoms with E-state index in [4.69, 9.17) is 0 Å². The van der Waals surface area contributed by atoms with Crippen LogP contribution in [-0.4, -0.2) is 11.7 Å². The maximum absolute atomic E-state index is 13.1. The van der Waals surface area contributed by atoms with E-state index in [-0.39, 0.29) is 22.5 Å². The second-order valence-electron chi connectivity index (χ2n) is 7.97. The number of nitrogens with one attached hydrogen (secondary N) is 1. The number of hydrogen-bond donors (Lipinski definition) is 1. The molecule has 0 radical (unpaired) electrons. The number of Topliss-reactive ketones (excluding diaryl/α,β-unsaturated/α-hetero) is 1. The van der Waals surface area contributed by atoms with Crippen LogP contribution in [0.2, 0.25) is 0 Å². The van der Waals surface area contributed by atoms with Crippen LogP contribution in [0.4, 0.5) is 5.69 Å². The van der Waals surface area contributed by atoms with Gasteiger partial charge in [0.2, 0.25) is 5.91 Å². The minimum Gasteiger partial charge on any atom is -0.326 e. The summed E-state index contributed by atoms with van der Waals surface area (Å²) in [5.41, 5.74) is 1.89. The molecule has 0 heterocycles. The number of carbonyl (C=O) groups excluding carboxylic acids is 2. The minimum absolute atomic E-state index is 0.0112. The summed E-state index contributed by atoms with van der Waals surface area (Å²) in [5, 5.41) is 3.09. The van der Waals surface area contributed by atoms with Crippen LogP contribution in [0.15, 0.2) is 18.2 Å². The van der Waals surface area contributed by atoms with Crippen LogP contribution in [0.5, 0.6) is 0 Å². The van der Waals surface area contributed by atoms with Crippen molar-refractivity contribution in [2.75, 3.05) is 5.32 Å². The predicted octanol–water partition coefficient (Wildman–Crippen LogP) is 4.03. The molecular weight excluding hydrogens is 274 g/mol. The highest BCUT2D eigenvalue weighted by molar-refractivity contribution is 6.04. The van der Waals surface area contributed by atoms with Gasteiger partial charge >= 0.3 is 0 Å². The zero-order valence-corrected chi connectivity index (χ0v) is 14.2. The van der Waals surface area contributed by atoms with Gasteiger partial charge in [0, 0.05) is 17.5 Å². The highest BCUT2D eigenvalue weighted by atomic mass is 16.2. The lowest BCUT2D eigenvalue weighted by molar-refractivity contribution is -0.131. The maximum Gasteiger partial charge on any atom is 0.231 e. The minimum atomic E-state index is -0.559. The Hall–Kier alpha value is -1.64. The number of benzene rings is 1. The monoisotopic (exact) mass is 299 g/mol. The highest BCUT2D eigenvalue weighted by Crippen LogP contribution is 2.70. The molecule has 118 valence electrons. The summed E-state index contributed by atoms with van der Waals surface area (Å²) in [5.74, 6) is 0.261. The van der Waals surface area contributed by atoms with Crippen molar-refractivity contribution in [2.45, 2.75) is 53.9 Å². The van der Waals surface area contributed by atoms with Crippen LogP contribution in [0, 0.1) is 30.1 Å². The molecule has 0 saturated heterocycles. The van der Waals surface area contributed by atoms with Gasteiger partial charge in [0.1, 0.15) is 5.78 Å². The van der Waals surface area contributed by atoms with Gasteiger partial charge in [-0.3, -0.25) is 9.59 Å². The Morgan fingerprint density at radius 1 is 1.05 bits per heavy atom. The molecule has 2 fully saturated rings. The second-order valence-corrected chi connectivity index (χ2v) is 7.97. The molecule has 3 heteroatoms. The molecule has 1 N–H and O–H groups in total. The van der Waals surface area contributed by atoms with E-state index in [2.05, 4.69) is 25.2 Å². The van der Waals surface area contributed by atoms with Crippen molar-refractivity contribution in [3.05, 3.63) is 29.3 Å². The van der Waals surface area contributed by atoms with E-state index in [9.17, 15) is 9.59 Å². The van der Waals surface area contributed by atoms with E-state index in [0.717, 1.165) is 29.7 Å².